The Balaban J connectivity index is 1.55. The van der Waals surface area contributed by atoms with Crippen molar-refractivity contribution in [2.75, 3.05) is 26.3 Å². The van der Waals surface area contributed by atoms with Crippen LogP contribution in [0.5, 0.6) is 0 Å². The van der Waals surface area contributed by atoms with Gasteiger partial charge in [-0.3, -0.25) is 24.1 Å². The highest BCUT2D eigenvalue weighted by molar-refractivity contribution is 6.00. The van der Waals surface area contributed by atoms with E-state index in [1.54, 1.807) is 0 Å². The Labute approximate surface area is 177 Å². The molecule has 0 aliphatic carbocycles. The third-order valence-electron chi connectivity index (χ3n) is 4.63. The van der Waals surface area contributed by atoms with Gasteiger partial charge in [0.25, 0.3) is 0 Å². The summed E-state index contributed by atoms with van der Waals surface area (Å²) in [5, 5.41) is 5.60. The van der Waals surface area contributed by atoms with Crippen LogP contribution in [-0.4, -0.2) is 54.8 Å². The lowest BCUT2D eigenvalue weighted by Crippen LogP contribution is -2.48. The summed E-state index contributed by atoms with van der Waals surface area (Å²) in [6.07, 6.45) is 1.81. The quantitative estimate of drug-likeness (QED) is 0.392. The maximum Gasteiger partial charge on any atom is 0.246 e. The van der Waals surface area contributed by atoms with Crippen molar-refractivity contribution in [2.24, 2.45) is 5.92 Å². The van der Waals surface area contributed by atoms with Gasteiger partial charge in [-0.2, -0.15) is 0 Å². The smallest absolute Gasteiger partial charge is 0.246 e. The fourth-order valence-corrected chi connectivity index (χ4v) is 2.89. The molecule has 1 fully saturated rings. The Morgan fingerprint density at radius 2 is 1.77 bits per heavy atom. The molecule has 2 N–H and O–H groups in total. The molecule has 4 amide bonds. The van der Waals surface area contributed by atoms with Crippen molar-refractivity contribution in [3.63, 3.8) is 0 Å². The highest BCUT2D eigenvalue weighted by atomic mass is 16.5. The van der Waals surface area contributed by atoms with Crippen molar-refractivity contribution in [2.45, 2.75) is 46.1 Å². The minimum absolute atomic E-state index is 0.0314. The van der Waals surface area contributed by atoms with E-state index in [0.29, 0.717) is 51.4 Å². The van der Waals surface area contributed by atoms with Gasteiger partial charge in [0.2, 0.25) is 23.6 Å². The van der Waals surface area contributed by atoms with E-state index < -0.39 is 0 Å². The highest BCUT2D eigenvalue weighted by Crippen LogP contribution is 2.12. The molecule has 2 rings (SSSR count). The van der Waals surface area contributed by atoms with Crippen LogP contribution < -0.4 is 10.6 Å². The Hall–Kier alpha value is -2.74. The molecule has 0 aromatic heterocycles. The van der Waals surface area contributed by atoms with Gasteiger partial charge in [0, 0.05) is 39.1 Å². The van der Waals surface area contributed by atoms with Crippen molar-refractivity contribution in [3.05, 3.63) is 35.4 Å². The lowest BCUT2D eigenvalue weighted by Gasteiger charge is -2.28. The number of nitrogens with zero attached hydrogens (tertiary/aromatic N) is 1. The van der Waals surface area contributed by atoms with Crippen LogP contribution in [0.25, 0.3) is 0 Å². The fraction of sp³-hybridized carbons (Fsp3) is 0.545. The first kappa shape index (κ1) is 23.5. The van der Waals surface area contributed by atoms with Gasteiger partial charge in [-0.15, -0.1) is 0 Å². The first-order chi connectivity index (χ1) is 14.3. The fourth-order valence-electron chi connectivity index (χ4n) is 2.89. The number of hydrogen-bond acceptors (Lipinski definition) is 5. The predicted octanol–water partition coefficient (Wildman–Crippen LogP) is 1.17. The molecule has 1 aromatic rings. The zero-order valence-corrected chi connectivity index (χ0v) is 17.7. The normalized spacial score (nSPS) is 13.2. The standard InChI is InChI=1S/C22H31N3O5/c1-16(2)12-19(26)23-9-3-11-30-15-20(27)24-14-18-6-4-17(5-7-18)13-22(29)25-10-8-21(25)28/h4-7,16H,3,8-15H2,1-2H3,(H,23,26)(H,24,27). The zero-order chi connectivity index (χ0) is 21.9. The van der Waals surface area contributed by atoms with Crippen molar-refractivity contribution in [1.82, 2.24) is 15.5 Å². The van der Waals surface area contributed by atoms with E-state index >= 15 is 0 Å². The largest absolute Gasteiger partial charge is 0.372 e. The second-order valence-corrected chi connectivity index (χ2v) is 7.81. The van der Waals surface area contributed by atoms with E-state index in [-0.39, 0.29) is 36.7 Å². The maximum absolute atomic E-state index is 12.0. The van der Waals surface area contributed by atoms with E-state index in [4.69, 9.17) is 4.74 Å². The Morgan fingerprint density at radius 1 is 1.07 bits per heavy atom. The number of rotatable bonds is 12. The van der Waals surface area contributed by atoms with Crippen LogP contribution in [0.3, 0.4) is 0 Å². The van der Waals surface area contributed by atoms with Gasteiger partial charge >= 0.3 is 0 Å². The highest BCUT2D eigenvalue weighted by Gasteiger charge is 2.29. The molecule has 164 valence electrons. The minimum Gasteiger partial charge on any atom is -0.372 e. The number of amides is 4. The lowest BCUT2D eigenvalue weighted by atomic mass is 10.1. The molecule has 0 unspecified atom stereocenters. The van der Waals surface area contributed by atoms with Crippen LogP contribution in [0, 0.1) is 5.92 Å². The molecule has 0 bridgehead atoms. The van der Waals surface area contributed by atoms with Gasteiger partial charge in [-0.25, -0.2) is 0 Å². The van der Waals surface area contributed by atoms with Gasteiger partial charge < -0.3 is 15.4 Å². The Morgan fingerprint density at radius 3 is 2.37 bits per heavy atom. The predicted molar refractivity (Wildman–Crippen MR) is 111 cm³/mol. The molecule has 1 aliphatic heterocycles. The molecule has 0 spiro atoms. The molecule has 1 saturated heterocycles. The lowest BCUT2D eigenvalue weighted by molar-refractivity contribution is -0.151. The molecule has 1 aromatic carbocycles. The maximum atomic E-state index is 12.0. The molecule has 0 saturated carbocycles. The van der Waals surface area contributed by atoms with Gasteiger partial charge in [0.05, 0.1) is 6.42 Å². The monoisotopic (exact) mass is 417 g/mol. The minimum atomic E-state index is -0.214. The summed E-state index contributed by atoms with van der Waals surface area (Å²) in [7, 11) is 0. The summed E-state index contributed by atoms with van der Waals surface area (Å²) in [5.41, 5.74) is 1.74. The number of hydrogen-bond donors (Lipinski definition) is 2. The average Bonchev–Trinajstić information content (AvgIpc) is 2.68. The third-order valence-corrected chi connectivity index (χ3v) is 4.63. The SMILES string of the molecule is CC(C)CC(=O)NCCCOCC(=O)NCc1ccc(CC(=O)N2CCC2=O)cc1. The van der Waals surface area contributed by atoms with Crippen LogP contribution in [0.2, 0.25) is 0 Å². The summed E-state index contributed by atoms with van der Waals surface area (Å²) in [4.78, 5) is 47.9. The Bertz CT molecular complexity index is 746. The molecule has 30 heavy (non-hydrogen) atoms. The number of nitrogens with one attached hydrogen (secondary N) is 2. The molecule has 1 aliphatic rings. The van der Waals surface area contributed by atoms with Crippen LogP contribution in [-0.2, 0) is 36.9 Å². The average molecular weight is 418 g/mol. The second-order valence-electron chi connectivity index (χ2n) is 7.81. The van der Waals surface area contributed by atoms with E-state index in [1.165, 1.54) is 4.90 Å². The molecule has 0 radical (unpaired) electrons. The van der Waals surface area contributed by atoms with Crippen LogP contribution >= 0.6 is 0 Å². The van der Waals surface area contributed by atoms with Crippen LogP contribution in [0.15, 0.2) is 24.3 Å². The first-order valence-electron chi connectivity index (χ1n) is 10.4. The van der Waals surface area contributed by atoms with E-state index in [2.05, 4.69) is 10.6 Å². The summed E-state index contributed by atoms with van der Waals surface area (Å²) in [5.74, 6) is -0.137. The topological polar surface area (TPSA) is 105 Å². The molecule has 0 atom stereocenters. The number of β-lactam (4-membered cyclic amide) rings is 1. The van der Waals surface area contributed by atoms with Gasteiger partial charge in [-0.05, 0) is 23.5 Å². The summed E-state index contributed by atoms with van der Waals surface area (Å²) >= 11 is 0. The second kappa shape index (κ2) is 12.1. The Kier molecular flexibility index (Phi) is 9.47. The van der Waals surface area contributed by atoms with E-state index in [1.807, 2.05) is 38.1 Å². The first-order valence-corrected chi connectivity index (χ1v) is 10.4. The molecule has 1 heterocycles. The summed E-state index contributed by atoms with van der Waals surface area (Å²) in [6.45, 7) is 5.77. The number of benzene rings is 1. The van der Waals surface area contributed by atoms with Gasteiger partial charge in [0.15, 0.2) is 0 Å². The van der Waals surface area contributed by atoms with Crippen molar-refractivity contribution < 1.29 is 23.9 Å². The third kappa shape index (κ3) is 8.32. The van der Waals surface area contributed by atoms with Crippen molar-refractivity contribution in [3.8, 4) is 0 Å². The van der Waals surface area contributed by atoms with Crippen LogP contribution in [0.4, 0.5) is 0 Å². The van der Waals surface area contributed by atoms with Crippen molar-refractivity contribution >= 4 is 23.6 Å². The number of imide groups is 1. The van der Waals surface area contributed by atoms with Crippen molar-refractivity contribution in [1.29, 1.82) is 0 Å². The van der Waals surface area contributed by atoms with E-state index in [9.17, 15) is 19.2 Å². The number of ether oxygens (including phenoxy) is 1. The number of carbonyl (C=O) groups excluding carboxylic acids is 4. The van der Waals surface area contributed by atoms with Gasteiger partial charge in [0.1, 0.15) is 6.61 Å². The van der Waals surface area contributed by atoms with E-state index in [0.717, 1.165) is 11.1 Å². The van der Waals surface area contributed by atoms with Gasteiger partial charge in [-0.1, -0.05) is 38.1 Å². The molecular formula is C22H31N3O5. The summed E-state index contributed by atoms with van der Waals surface area (Å²) < 4.78 is 5.32. The molecule has 8 heteroatoms. The molecule has 8 nitrogen and oxygen atoms in total. The molecular weight excluding hydrogens is 386 g/mol. The van der Waals surface area contributed by atoms with Crippen LogP contribution in [0.1, 0.15) is 44.2 Å². The number of likely N-dealkylation sites (tertiary alicyclic amines) is 1. The summed E-state index contributed by atoms with van der Waals surface area (Å²) in [6, 6.07) is 7.35. The number of carbonyl (C=O) groups is 4. The zero-order valence-electron chi connectivity index (χ0n) is 17.7.